The Labute approximate surface area is 104 Å². The van der Waals surface area contributed by atoms with Gasteiger partial charge in [0.25, 0.3) is 0 Å². The number of hydrogen-bond acceptors (Lipinski definition) is 3. The fraction of sp³-hybridized carbons (Fsp3) is 0.154. The molecule has 3 N–H and O–H groups in total. The van der Waals surface area contributed by atoms with E-state index < -0.39 is 11.6 Å². The molecule has 0 fully saturated rings. The molecular weight excluding hydrogens is 236 g/mol. The van der Waals surface area contributed by atoms with Gasteiger partial charge in [0, 0.05) is 24.6 Å². The Morgan fingerprint density at radius 1 is 1.11 bits per heavy atom. The van der Waals surface area contributed by atoms with Crippen LogP contribution in [-0.2, 0) is 6.42 Å². The quantitative estimate of drug-likeness (QED) is 0.819. The summed E-state index contributed by atoms with van der Waals surface area (Å²) in [5, 5.41) is 2.73. The average Bonchev–Trinajstić information content (AvgIpc) is 2.34. The lowest BCUT2D eigenvalue weighted by Gasteiger charge is -2.09. The van der Waals surface area contributed by atoms with Crippen LogP contribution in [0.1, 0.15) is 5.56 Å². The van der Waals surface area contributed by atoms with Crippen molar-refractivity contribution < 1.29 is 8.78 Å². The molecule has 2 aromatic rings. The number of pyridine rings is 1. The first-order valence-electron chi connectivity index (χ1n) is 5.54. The molecule has 0 atom stereocenters. The van der Waals surface area contributed by atoms with Crippen molar-refractivity contribution in [1.82, 2.24) is 4.98 Å². The van der Waals surface area contributed by atoms with Crippen LogP contribution < -0.4 is 11.1 Å². The highest BCUT2D eigenvalue weighted by Gasteiger charge is 2.09. The van der Waals surface area contributed by atoms with Gasteiger partial charge in [0.15, 0.2) is 11.6 Å². The van der Waals surface area contributed by atoms with Gasteiger partial charge in [0.1, 0.15) is 5.69 Å². The van der Waals surface area contributed by atoms with Gasteiger partial charge in [-0.15, -0.1) is 0 Å². The monoisotopic (exact) mass is 249 g/mol. The highest BCUT2D eigenvalue weighted by atomic mass is 19.1. The van der Waals surface area contributed by atoms with E-state index in [-0.39, 0.29) is 11.4 Å². The maximum Gasteiger partial charge on any atom is 0.151 e. The van der Waals surface area contributed by atoms with E-state index >= 15 is 0 Å². The van der Waals surface area contributed by atoms with Crippen LogP contribution in [0.15, 0.2) is 36.7 Å². The summed E-state index contributed by atoms with van der Waals surface area (Å²) in [7, 11) is 0. The van der Waals surface area contributed by atoms with Crippen molar-refractivity contribution in [3.05, 3.63) is 53.9 Å². The van der Waals surface area contributed by atoms with Crippen molar-refractivity contribution in [2.24, 2.45) is 0 Å². The molecule has 94 valence electrons. The van der Waals surface area contributed by atoms with E-state index in [0.717, 1.165) is 17.7 Å². The minimum Gasteiger partial charge on any atom is -0.399 e. The zero-order valence-electron chi connectivity index (χ0n) is 9.66. The number of aromatic nitrogens is 1. The number of anilines is 2. The van der Waals surface area contributed by atoms with Crippen molar-refractivity contribution in [2.45, 2.75) is 6.42 Å². The second kappa shape index (κ2) is 5.44. The van der Waals surface area contributed by atoms with Crippen LogP contribution in [0.3, 0.4) is 0 Å². The van der Waals surface area contributed by atoms with Crippen LogP contribution in [0.2, 0.25) is 0 Å². The SMILES string of the molecule is Nc1cc(F)c(NCCc2ccncc2)c(F)c1. The molecule has 1 aromatic carbocycles. The molecule has 0 saturated carbocycles. The lowest BCUT2D eigenvalue weighted by atomic mass is 10.2. The molecule has 18 heavy (non-hydrogen) atoms. The Morgan fingerprint density at radius 3 is 2.33 bits per heavy atom. The van der Waals surface area contributed by atoms with Gasteiger partial charge in [-0.3, -0.25) is 4.98 Å². The van der Waals surface area contributed by atoms with E-state index in [4.69, 9.17) is 5.73 Å². The molecule has 5 heteroatoms. The number of nitrogen functional groups attached to an aromatic ring is 1. The van der Waals surface area contributed by atoms with E-state index in [1.165, 1.54) is 0 Å². The molecule has 3 nitrogen and oxygen atoms in total. The van der Waals surface area contributed by atoms with Crippen molar-refractivity contribution in [3.8, 4) is 0 Å². The maximum absolute atomic E-state index is 13.4. The van der Waals surface area contributed by atoms with E-state index in [1.807, 2.05) is 12.1 Å². The van der Waals surface area contributed by atoms with Crippen LogP contribution in [0, 0.1) is 11.6 Å². The van der Waals surface area contributed by atoms with E-state index in [2.05, 4.69) is 10.3 Å². The largest absolute Gasteiger partial charge is 0.399 e. The third-order valence-corrected chi connectivity index (χ3v) is 2.53. The molecular formula is C13H13F2N3. The fourth-order valence-corrected chi connectivity index (χ4v) is 1.64. The summed E-state index contributed by atoms with van der Waals surface area (Å²) in [6, 6.07) is 5.91. The summed E-state index contributed by atoms with van der Waals surface area (Å²) in [6.45, 7) is 0.432. The Morgan fingerprint density at radius 2 is 1.72 bits per heavy atom. The van der Waals surface area contributed by atoms with Crippen LogP contribution in [0.5, 0.6) is 0 Å². The maximum atomic E-state index is 13.4. The normalized spacial score (nSPS) is 10.3. The molecule has 0 unspecified atom stereocenters. The van der Waals surface area contributed by atoms with Crippen molar-refractivity contribution in [1.29, 1.82) is 0 Å². The summed E-state index contributed by atoms with van der Waals surface area (Å²) in [4.78, 5) is 3.90. The number of halogens is 2. The Balaban J connectivity index is 1.99. The van der Waals surface area contributed by atoms with E-state index in [1.54, 1.807) is 12.4 Å². The second-order valence-corrected chi connectivity index (χ2v) is 3.89. The molecule has 0 spiro atoms. The van der Waals surface area contributed by atoms with Crippen molar-refractivity contribution >= 4 is 11.4 Å². The van der Waals surface area contributed by atoms with Gasteiger partial charge in [-0.05, 0) is 36.2 Å². The smallest absolute Gasteiger partial charge is 0.151 e. The molecule has 0 bridgehead atoms. The second-order valence-electron chi connectivity index (χ2n) is 3.89. The Bertz CT molecular complexity index is 506. The average molecular weight is 249 g/mol. The highest BCUT2D eigenvalue weighted by Crippen LogP contribution is 2.21. The molecule has 1 heterocycles. The van der Waals surface area contributed by atoms with E-state index in [0.29, 0.717) is 13.0 Å². The first kappa shape index (κ1) is 12.3. The molecule has 0 aliphatic carbocycles. The standard InChI is InChI=1S/C13H13F2N3/c14-11-7-10(16)8-12(15)13(11)18-6-3-9-1-4-17-5-2-9/h1-2,4-5,7-8,18H,3,6,16H2. The Kier molecular flexibility index (Phi) is 3.72. The van der Waals surface area contributed by atoms with Crippen LogP contribution in [-0.4, -0.2) is 11.5 Å². The molecule has 0 aliphatic rings. The van der Waals surface area contributed by atoms with Crippen LogP contribution in [0.4, 0.5) is 20.2 Å². The predicted molar refractivity (Wildman–Crippen MR) is 67.2 cm³/mol. The molecule has 0 amide bonds. The first-order chi connectivity index (χ1) is 8.66. The number of nitrogens with one attached hydrogen (secondary N) is 1. The molecule has 1 aromatic heterocycles. The molecule has 0 radical (unpaired) electrons. The van der Waals surface area contributed by atoms with Gasteiger partial charge in [-0.1, -0.05) is 0 Å². The van der Waals surface area contributed by atoms with E-state index in [9.17, 15) is 8.78 Å². The number of hydrogen-bond donors (Lipinski definition) is 2. The Hall–Kier alpha value is -2.17. The predicted octanol–water partition coefficient (Wildman–Crippen LogP) is 2.60. The first-order valence-corrected chi connectivity index (χ1v) is 5.54. The van der Waals surface area contributed by atoms with Crippen LogP contribution in [0.25, 0.3) is 0 Å². The number of benzene rings is 1. The third kappa shape index (κ3) is 2.94. The summed E-state index contributed by atoms with van der Waals surface area (Å²) >= 11 is 0. The number of nitrogens with zero attached hydrogens (tertiary/aromatic N) is 1. The minimum absolute atomic E-state index is 0.0738. The topological polar surface area (TPSA) is 50.9 Å². The molecule has 0 aliphatic heterocycles. The van der Waals surface area contributed by atoms with Gasteiger partial charge in [0.05, 0.1) is 0 Å². The molecule has 2 rings (SSSR count). The zero-order chi connectivity index (χ0) is 13.0. The number of rotatable bonds is 4. The summed E-state index contributed by atoms with van der Waals surface area (Å²) in [6.07, 6.45) is 4.02. The zero-order valence-corrected chi connectivity index (χ0v) is 9.66. The third-order valence-electron chi connectivity index (χ3n) is 2.53. The van der Waals surface area contributed by atoms with Crippen molar-refractivity contribution in [2.75, 3.05) is 17.6 Å². The van der Waals surface area contributed by atoms with Gasteiger partial charge in [0.2, 0.25) is 0 Å². The number of nitrogens with two attached hydrogens (primary N) is 1. The van der Waals surface area contributed by atoms with Gasteiger partial charge in [-0.25, -0.2) is 8.78 Å². The summed E-state index contributed by atoms with van der Waals surface area (Å²) < 4.78 is 26.9. The van der Waals surface area contributed by atoms with Crippen molar-refractivity contribution in [3.63, 3.8) is 0 Å². The van der Waals surface area contributed by atoms with Gasteiger partial charge in [-0.2, -0.15) is 0 Å². The summed E-state index contributed by atoms with van der Waals surface area (Å²) in [5.41, 5.74) is 6.32. The lowest BCUT2D eigenvalue weighted by Crippen LogP contribution is -2.08. The minimum atomic E-state index is -0.678. The lowest BCUT2D eigenvalue weighted by molar-refractivity contribution is 0.589. The highest BCUT2D eigenvalue weighted by molar-refractivity contribution is 5.54. The van der Waals surface area contributed by atoms with Gasteiger partial charge >= 0.3 is 0 Å². The fourth-order valence-electron chi connectivity index (χ4n) is 1.64. The summed E-state index contributed by atoms with van der Waals surface area (Å²) in [5.74, 6) is -1.36. The van der Waals surface area contributed by atoms with Crippen LogP contribution >= 0.6 is 0 Å². The molecule has 0 saturated heterocycles. The van der Waals surface area contributed by atoms with Gasteiger partial charge < -0.3 is 11.1 Å².